The summed E-state index contributed by atoms with van der Waals surface area (Å²) in [7, 11) is 0. The van der Waals surface area contributed by atoms with E-state index in [1.165, 1.54) is 12.1 Å². The van der Waals surface area contributed by atoms with Gasteiger partial charge in [-0.15, -0.1) is 0 Å². The molecule has 0 heterocycles. The van der Waals surface area contributed by atoms with Gasteiger partial charge in [0.1, 0.15) is 5.82 Å². The van der Waals surface area contributed by atoms with E-state index in [9.17, 15) is 4.39 Å². The lowest BCUT2D eigenvalue weighted by Crippen LogP contribution is -1.88. The fourth-order valence-electron chi connectivity index (χ4n) is 0.810. The second-order valence-corrected chi connectivity index (χ2v) is 2.94. The van der Waals surface area contributed by atoms with Gasteiger partial charge in [-0.3, -0.25) is 0 Å². The van der Waals surface area contributed by atoms with Crippen molar-refractivity contribution < 1.29 is 4.39 Å². The molecule has 0 bridgehead atoms. The fourth-order valence-corrected chi connectivity index (χ4v) is 1.31. The van der Waals surface area contributed by atoms with Crippen LogP contribution in [0, 0.1) is 17.1 Å². The Morgan fingerprint density at radius 3 is 2.67 bits per heavy atom. The summed E-state index contributed by atoms with van der Waals surface area (Å²) in [5.41, 5.74) is 0.348. The zero-order valence-electron chi connectivity index (χ0n) is 5.94. The molecule has 0 saturated heterocycles. The Kier molecular flexibility index (Phi) is 2.91. The number of benzene rings is 1. The van der Waals surface area contributed by atoms with Gasteiger partial charge < -0.3 is 0 Å². The van der Waals surface area contributed by atoms with Crippen LogP contribution in [0.5, 0.6) is 0 Å². The van der Waals surface area contributed by atoms with Crippen molar-refractivity contribution in [3.05, 3.63) is 33.6 Å². The minimum absolute atomic E-state index is 0.0232. The SMILES string of the molecule is N#CCc1c(Cl)ccc(F)c1Cl. The molecule has 62 valence electrons. The smallest absolute Gasteiger partial charge is 0.142 e. The maximum absolute atomic E-state index is 12.8. The Hall–Kier alpha value is -0.780. The summed E-state index contributed by atoms with van der Waals surface area (Å²) < 4.78 is 12.8. The molecule has 0 aliphatic carbocycles. The Balaban J connectivity index is 3.25. The number of halogens is 3. The maximum atomic E-state index is 12.8. The van der Waals surface area contributed by atoms with Crippen molar-refractivity contribution in [1.82, 2.24) is 0 Å². The van der Waals surface area contributed by atoms with Crippen LogP contribution >= 0.6 is 23.2 Å². The first-order valence-corrected chi connectivity index (χ1v) is 3.91. The van der Waals surface area contributed by atoms with Crippen molar-refractivity contribution in [2.24, 2.45) is 0 Å². The van der Waals surface area contributed by atoms with Crippen molar-refractivity contribution >= 4 is 23.2 Å². The zero-order chi connectivity index (χ0) is 9.14. The van der Waals surface area contributed by atoms with Gasteiger partial charge in [-0.2, -0.15) is 5.26 Å². The summed E-state index contributed by atoms with van der Waals surface area (Å²) in [5.74, 6) is -0.550. The fraction of sp³-hybridized carbons (Fsp3) is 0.125. The molecule has 0 amide bonds. The number of hydrogen-bond acceptors (Lipinski definition) is 1. The number of nitriles is 1. The summed E-state index contributed by atoms with van der Waals surface area (Å²) in [5, 5.41) is 8.63. The van der Waals surface area contributed by atoms with Crippen LogP contribution in [0.4, 0.5) is 4.39 Å². The third kappa shape index (κ3) is 1.69. The summed E-state index contributed by atoms with van der Waals surface area (Å²) in [6, 6.07) is 4.41. The van der Waals surface area contributed by atoms with Crippen LogP contribution in [0.2, 0.25) is 10.0 Å². The number of hydrogen-bond donors (Lipinski definition) is 0. The molecule has 0 unspecified atom stereocenters. The highest BCUT2D eigenvalue weighted by Crippen LogP contribution is 2.27. The lowest BCUT2D eigenvalue weighted by atomic mass is 10.1. The lowest BCUT2D eigenvalue weighted by molar-refractivity contribution is 0.626. The summed E-state index contributed by atoms with van der Waals surface area (Å²) >= 11 is 11.2. The molecule has 0 aliphatic rings. The Morgan fingerprint density at radius 2 is 2.08 bits per heavy atom. The van der Waals surface area contributed by atoms with Crippen LogP contribution in [0.1, 0.15) is 5.56 Å². The van der Waals surface area contributed by atoms with Gasteiger partial charge in [0.05, 0.1) is 17.5 Å². The quantitative estimate of drug-likeness (QED) is 0.644. The molecule has 12 heavy (non-hydrogen) atoms. The predicted molar refractivity (Wildman–Crippen MR) is 45.7 cm³/mol. The molecular weight excluding hydrogens is 200 g/mol. The van der Waals surface area contributed by atoms with Crippen molar-refractivity contribution in [2.45, 2.75) is 6.42 Å². The van der Waals surface area contributed by atoms with E-state index in [0.29, 0.717) is 10.6 Å². The Labute approximate surface area is 79.3 Å². The first kappa shape index (κ1) is 9.31. The number of nitrogens with zero attached hydrogens (tertiary/aromatic N) is 1. The topological polar surface area (TPSA) is 23.8 Å². The molecule has 4 heteroatoms. The van der Waals surface area contributed by atoms with Gasteiger partial charge in [0.15, 0.2) is 0 Å². The van der Waals surface area contributed by atoms with E-state index in [1.54, 1.807) is 0 Å². The molecule has 1 aromatic carbocycles. The molecule has 0 fully saturated rings. The highest BCUT2D eigenvalue weighted by Gasteiger charge is 2.09. The van der Waals surface area contributed by atoms with E-state index in [1.807, 2.05) is 6.07 Å². The zero-order valence-corrected chi connectivity index (χ0v) is 7.45. The predicted octanol–water partition coefficient (Wildman–Crippen LogP) is 3.20. The van der Waals surface area contributed by atoms with E-state index in [0.717, 1.165) is 0 Å². The van der Waals surface area contributed by atoms with Crippen molar-refractivity contribution in [3.8, 4) is 6.07 Å². The molecule has 0 atom stereocenters. The highest BCUT2D eigenvalue weighted by molar-refractivity contribution is 6.36. The third-order valence-electron chi connectivity index (χ3n) is 1.39. The summed E-state index contributed by atoms with van der Waals surface area (Å²) in [6.45, 7) is 0. The molecule has 0 spiro atoms. The van der Waals surface area contributed by atoms with Gasteiger partial charge in [-0.25, -0.2) is 4.39 Å². The van der Waals surface area contributed by atoms with Crippen LogP contribution in [0.3, 0.4) is 0 Å². The van der Waals surface area contributed by atoms with Gasteiger partial charge in [0, 0.05) is 10.6 Å². The highest BCUT2D eigenvalue weighted by atomic mass is 35.5. The van der Waals surface area contributed by atoms with Gasteiger partial charge >= 0.3 is 0 Å². The molecular formula is C8H4Cl2FN. The van der Waals surface area contributed by atoms with Crippen LogP contribution in [-0.4, -0.2) is 0 Å². The molecule has 1 rings (SSSR count). The van der Waals surface area contributed by atoms with Crippen LogP contribution in [-0.2, 0) is 6.42 Å². The van der Waals surface area contributed by atoms with E-state index < -0.39 is 5.82 Å². The first-order chi connectivity index (χ1) is 5.66. The van der Waals surface area contributed by atoms with Crippen LogP contribution in [0.25, 0.3) is 0 Å². The first-order valence-electron chi connectivity index (χ1n) is 3.16. The minimum Gasteiger partial charge on any atom is -0.205 e. The maximum Gasteiger partial charge on any atom is 0.142 e. The molecule has 0 radical (unpaired) electrons. The molecule has 1 nitrogen and oxygen atoms in total. The van der Waals surface area contributed by atoms with Crippen molar-refractivity contribution in [1.29, 1.82) is 5.26 Å². The minimum atomic E-state index is -0.550. The molecule has 0 saturated carbocycles. The summed E-state index contributed by atoms with van der Waals surface area (Å²) in [6.07, 6.45) is 0.0232. The van der Waals surface area contributed by atoms with E-state index >= 15 is 0 Å². The average molecular weight is 204 g/mol. The van der Waals surface area contributed by atoms with Crippen molar-refractivity contribution in [3.63, 3.8) is 0 Å². The van der Waals surface area contributed by atoms with Gasteiger partial charge in [0.25, 0.3) is 0 Å². The standard InChI is InChI=1S/C8H4Cl2FN/c9-6-1-2-7(11)8(10)5(6)3-4-12/h1-2H,3H2. The van der Waals surface area contributed by atoms with Gasteiger partial charge in [0.2, 0.25) is 0 Å². The average Bonchev–Trinajstić information content (AvgIpc) is 2.06. The molecule has 1 aromatic rings. The second kappa shape index (κ2) is 3.75. The van der Waals surface area contributed by atoms with E-state index in [4.69, 9.17) is 28.5 Å². The van der Waals surface area contributed by atoms with Crippen LogP contribution < -0.4 is 0 Å². The van der Waals surface area contributed by atoms with E-state index in [2.05, 4.69) is 0 Å². The van der Waals surface area contributed by atoms with Crippen molar-refractivity contribution in [2.75, 3.05) is 0 Å². The van der Waals surface area contributed by atoms with Gasteiger partial charge in [-0.05, 0) is 12.1 Å². The van der Waals surface area contributed by atoms with E-state index in [-0.39, 0.29) is 11.4 Å². The Bertz CT molecular complexity index is 344. The summed E-state index contributed by atoms with van der Waals surface area (Å²) in [4.78, 5) is 0. The molecule has 0 aliphatic heterocycles. The van der Waals surface area contributed by atoms with Gasteiger partial charge in [-0.1, -0.05) is 23.2 Å². The normalized spacial score (nSPS) is 9.50. The Morgan fingerprint density at radius 1 is 1.42 bits per heavy atom. The molecule has 0 aromatic heterocycles. The van der Waals surface area contributed by atoms with Crippen LogP contribution in [0.15, 0.2) is 12.1 Å². The monoisotopic (exact) mass is 203 g/mol. The second-order valence-electron chi connectivity index (χ2n) is 2.16. The molecule has 0 N–H and O–H groups in total. The lowest BCUT2D eigenvalue weighted by Gasteiger charge is -2.02. The number of rotatable bonds is 1. The largest absolute Gasteiger partial charge is 0.205 e. The third-order valence-corrected chi connectivity index (χ3v) is 2.16.